The number of fused-ring (bicyclic) bond motifs is 1. The molecular formula is C25H25F2N9O3. The monoisotopic (exact) mass is 537 g/mol. The van der Waals surface area contributed by atoms with Gasteiger partial charge in [0, 0.05) is 31.9 Å². The van der Waals surface area contributed by atoms with Crippen LogP contribution in [0.2, 0.25) is 0 Å². The quantitative estimate of drug-likeness (QED) is 0.394. The molecule has 1 aliphatic rings. The molecule has 1 fully saturated rings. The number of hydrogen-bond acceptors (Lipinski definition) is 9. The van der Waals surface area contributed by atoms with Gasteiger partial charge in [0.05, 0.1) is 30.2 Å². The number of amides is 2. The Hall–Kier alpha value is -4.59. The van der Waals surface area contributed by atoms with Gasteiger partial charge in [-0.25, -0.2) is 23.7 Å². The van der Waals surface area contributed by atoms with Crippen molar-refractivity contribution >= 4 is 23.3 Å². The van der Waals surface area contributed by atoms with Gasteiger partial charge >= 0.3 is 0 Å². The summed E-state index contributed by atoms with van der Waals surface area (Å²) in [5.74, 6) is -2.17. The van der Waals surface area contributed by atoms with E-state index in [4.69, 9.17) is 4.74 Å². The van der Waals surface area contributed by atoms with Crippen molar-refractivity contribution in [1.82, 2.24) is 39.3 Å². The second-order valence-electron chi connectivity index (χ2n) is 9.69. The van der Waals surface area contributed by atoms with Crippen molar-refractivity contribution in [3.8, 4) is 11.6 Å². The van der Waals surface area contributed by atoms with E-state index in [2.05, 4.69) is 30.5 Å². The van der Waals surface area contributed by atoms with E-state index in [1.54, 1.807) is 22.4 Å². The van der Waals surface area contributed by atoms with Crippen molar-refractivity contribution in [2.24, 2.45) is 0 Å². The Morgan fingerprint density at radius 1 is 1.10 bits per heavy atom. The third kappa shape index (κ3) is 5.50. The number of piperazine rings is 1. The number of benzene rings is 1. The lowest BCUT2D eigenvalue weighted by Gasteiger charge is -2.48. The summed E-state index contributed by atoms with van der Waals surface area (Å²) < 4.78 is 33.8. The van der Waals surface area contributed by atoms with Crippen molar-refractivity contribution in [1.29, 1.82) is 0 Å². The standard InChI is InChI=1S/C25H25F2N9O3/c1-15(23(37)32-20-9-30-22(11-29-20)39-19-5-4-16(26)8-17(19)27)34-6-7-36(25(2,3)13-34)24(38)18-12-35-14-31-33-21(35)10-28-18/h4-5,8-12,14-15H,6-7,13H2,1-3H3,(H,29,32,37)/t15-/m0/s1. The SMILES string of the molecule is C[C@@H](C(=O)Nc1cnc(Oc2ccc(F)cc2F)cn1)N1CCN(C(=O)c2cn3cnnc3cn2)C(C)(C)C1. The van der Waals surface area contributed by atoms with E-state index in [0.29, 0.717) is 31.3 Å². The molecule has 1 saturated heterocycles. The number of hydrogen-bond donors (Lipinski definition) is 1. The van der Waals surface area contributed by atoms with Crippen LogP contribution in [0.1, 0.15) is 31.3 Å². The molecule has 1 aliphatic heterocycles. The Morgan fingerprint density at radius 3 is 2.64 bits per heavy atom. The van der Waals surface area contributed by atoms with E-state index in [1.807, 2.05) is 18.7 Å². The van der Waals surface area contributed by atoms with E-state index in [-0.39, 0.29) is 35.0 Å². The van der Waals surface area contributed by atoms with E-state index < -0.39 is 23.2 Å². The summed E-state index contributed by atoms with van der Waals surface area (Å²) in [7, 11) is 0. The van der Waals surface area contributed by atoms with Crippen molar-refractivity contribution in [3.63, 3.8) is 0 Å². The summed E-state index contributed by atoms with van der Waals surface area (Å²) in [6.45, 7) is 6.97. The Kier molecular flexibility index (Phi) is 6.87. The number of nitrogens with one attached hydrogen (secondary N) is 1. The van der Waals surface area contributed by atoms with Gasteiger partial charge in [0.1, 0.15) is 17.8 Å². The van der Waals surface area contributed by atoms with E-state index in [1.165, 1.54) is 24.9 Å². The average Bonchev–Trinajstić information content (AvgIpc) is 3.38. The summed E-state index contributed by atoms with van der Waals surface area (Å²) in [5.41, 5.74) is 0.245. The van der Waals surface area contributed by atoms with Crippen LogP contribution < -0.4 is 10.1 Å². The molecule has 0 saturated carbocycles. The molecular weight excluding hydrogens is 512 g/mol. The topological polar surface area (TPSA) is 131 Å². The Bertz CT molecular complexity index is 1530. The fourth-order valence-electron chi connectivity index (χ4n) is 4.38. The first-order valence-corrected chi connectivity index (χ1v) is 12.1. The smallest absolute Gasteiger partial charge is 0.274 e. The summed E-state index contributed by atoms with van der Waals surface area (Å²) in [6, 6.07) is 2.38. The lowest BCUT2D eigenvalue weighted by Crippen LogP contribution is -2.63. The third-order valence-electron chi connectivity index (χ3n) is 6.49. The molecule has 14 heteroatoms. The maximum Gasteiger partial charge on any atom is 0.274 e. The number of carbonyl (C=O) groups excluding carboxylic acids is 2. The number of rotatable bonds is 6. The highest BCUT2D eigenvalue weighted by Gasteiger charge is 2.40. The fraction of sp³-hybridized carbons (Fsp3) is 0.320. The minimum Gasteiger partial charge on any atom is -0.434 e. The first kappa shape index (κ1) is 26.0. The first-order valence-electron chi connectivity index (χ1n) is 12.1. The fourth-order valence-corrected chi connectivity index (χ4v) is 4.38. The summed E-state index contributed by atoms with van der Waals surface area (Å²) in [4.78, 5) is 42.3. The van der Waals surface area contributed by atoms with E-state index in [9.17, 15) is 18.4 Å². The van der Waals surface area contributed by atoms with Crippen molar-refractivity contribution in [3.05, 3.63) is 66.6 Å². The lowest BCUT2D eigenvalue weighted by atomic mass is 9.97. The van der Waals surface area contributed by atoms with Gasteiger partial charge < -0.3 is 15.0 Å². The zero-order chi connectivity index (χ0) is 27.7. The maximum atomic E-state index is 13.8. The zero-order valence-electron chi connectivity index (χ0n) is 21.4. The molecule has 1 N–H and O–H groups in total. The normalized spacial score (nSPS) is 16.2. The molecule has 3 aromatic heterocycles. The second-order valence-corrected chi connectivity index (χ2v) is 9.69. The molecule has 0 radical (unpaired) electrons. The van der Waals surface area contributed by atoms with Crippen LogP contribution in [0.5, 0.6) is 11.6 Å². The van der Waals surface area contributed by atoms with Gasteiger partial charge in [-0.15, -0.1) is 10.2 Å². The van der Waals surface area contributed by atoms with Gasteiger partial charge in [0.2, 0.25) is 11.8 Å². The van der Waals surface area contributed by atoms with Crippen molar-refractivity contribution < 1.29 is 23.1 Å². The predicted molar refractivity (Wildman–Crippen MR) is 134 cm³/mol. The highest BCUT2D eigenvalue weighted by Crippen LogP contribution is 2.26. The molecule has 5 rings (SSSR count). The number of carbonyl (C=O) groups is 2. The molecule has 0 unspecified atom stereocenters. The molecule has 2 amide bonds. The van der Waals surface area contributed by atoms with Crippen molar-refractivity contribution in [2.75, 3.05) is 25.0 Å². The van der Waals surface area contributed by atoms with Crippen LogP contribution in [0.25, 0.3) is 5.65 Å². The van der Waals surface area contributed by atoms with Gasteiger partial charge in [-0.05, 0) is 32.9 Å². The maximum absolute atomic E-state index is 13.8. The molecule has 0 spiro atoms. The molecule has 12 nitrogen and oxygen atoms in total. The van der Waals surface area contributed by atoms with Crippen LogP contribution >= 0.6 is 0 Å². The molecule has 1 atom stereocenters. The second kappa shape index (κ2) is 10.3. The van der Waals surface area contributed by atoms with Gasteiger partial charge in [0.15, 0.2) is 23.0 Å². The minimum absolute atomic E-state index is 0.0213. The van der Waals surface area contributed by atoms with Crippen LogP contribution in [0.3, 0.4) is 0 Å². The van der Waals surface area contributed by atoms with E-state index in [0.717, 1.165) is 12.1 Å². The third-order valence-corrected chi connectivity index (χ3v) is 6.49. The number of anilines is 1. The van der Waals surface area contributed by atoms with Gasteiger partial charge in [-0.2, -0.15) is 0 Å². The highest BCUT2D eigenvalue weighted by atomic mass is 19.1. The molecule has 202 valence electrons. The molecule has 4 heterocycles. The molecule has 1 aromatic carbocycles. The summed E-state index contributed by atoms with van der Waals surface area (Å²) in [5, 5.41) is 10.4. The Labute approximate surface area is 221 Å². The van der Waals surface area contributed by atoms with Crippen LogP contribution in [0.15, 0.2) is 49.3 Å². The molecule has 0 bridgehead atoms. The predicted octanol–water partition coefficient (Wildman–Crippen LogP) is 2.55. The average molecular weight is 538 g/mol. The van der Waals surface area contributed by atoms with Crippen LogP contribution in [-0.2, 0) is 4.79 Å². The van der Waals surface area contributed by atoms with Crippen LogP contribution in [-0.4, -0.2) is 82.4 Å². The Balaban J connectivity index is 1.19. The highest BCUT2D eigenvalue weighted by molar-refractivity contribution is 5.94. The zero-order valence-corrected chi connectivity index (χ0v) is 21.4. The first-order chi connectivity index (χ1) is 18.6. The minimum atomic E-state index is -0.874. The number of halogens is 2. The number of ether oxygens (including phenoxy) is 1. The van der Waals surface area contributed by atoms with Crippen LogP contribution in [0.4, 0.5) is 14.6 Å². The molecule has 4 aromatic rings. The Morgan fingerprint density at radius 2 is 1.92 bits per heavy atom. The van der Waals surface area contributed by atoms with Crippen molar-refractivity contribution in [2.45, 2.75) is 32.4 Å². The number of nitrogens with zero attached hydrogens (tertiary/aromatic N) is 8. The van der Waals surface area contributed by atoms with E-state index >= 15 is 0 Å². The lowest BCUT2D eigenvalue weighted by molar-refractivity contribution is -0.122. The van der Waals surface area contributed by atoms with Gasteiger partial charge in [-0.3, -0.25) is 18.9 Å². The summed E-state index contributed by atoms with van der Waals surface area (Å²) >= 11 is 0. The van der Waals surface area contributed by atoms with Crippen LogP contribution in [0, 0.1) is 11.6 Å². The molecule has 0 aliphatic carbocycles. The van der Waals surface area contributed by atoms with Gasteiger partial charge in [0.25, 0.3) is 5.91 Å². The number of aromatic nitrogens is 6. The molecule has 39 heavy (non-hydrogen) atoms. The van der Waals surface area contributed by atoms with Gasteiger partial charge in [-0.1, -0.05) is 0 Å². The largest absolute Gasteiger partial charge is 0.434 e. The summed E-state index contributed by atoms with van der Waals surface area (Å²) in [6.07, 6.45) is 7.11.